The minimum Gasteiger partial charge on any atom is -0.408 e. The van der Waals surface area contributed by atoms with Crippen LogP contribution in [0.5, 0.6) is 0 Å². The van der Waals surface area contributed by atoms with Gasteiger partial charge in [0.1, 0.15) is 0 Å². The van der Waals surface area contributed by atoms with Gasteiger partial charge in [-0.25, -0.2) is 8.42 Å². The van der Waals surface area contributed by atoms with Gasteiger partial charge < -0.3 is 38.3 Å². The van der Waals surface area contributed by atoms with Gasteiger partial charge in [-0.3, -0.25) is 0 Å². The largest absolute Gasteiger partial charge is 0.408 e. The Balaban J connectivity index is 1.23. The van der Waals surface area contributed by atoms with Gasteiger partial charge in [0, 0.05) is 25.4 Å². The summed E-state index contributed by atoms with van der Waals surface area (Å²) in [4.78, 5) is 0.209. The lowest BCUT2D eigenvalue weighted by molar-refractivity contribution is -0.240. The van der Waals surface area contributed by atoms with Gasteiger partial charge in [-0.15, -0.1) is 0 Å². The Hall–Kier alpha value is -0.983. The summed E-state index contributed by atoms with van der Waals surface area (Å²) in [6.07, 6.45) is 7.66. The van der Waals surface area contributed by atoms with Crippen molar-refractivity contribution in [1.82, 2.24) is 0 Å². The number of aliphatic hydroxyl groups is 2. The lowest BCUT2D eigenvalue weighted by Crippen LogP contribution is -2.58. The molecule has 0 radical (unpaired) electrons. The molecule has 0 saturated carbocycles. The summed E-state index contributed by atoms with van der Waals surface area (Å²) in [5.41, 5.74) is 2.12. The summed E-state index contributed by atoms with van der Waals surface area (Å²) < 4.78 is 74.1. The highest BCUT2D eigenvalue weighted by Gasteiger charge is 2.55. The van der Waals surface area contributed by atoms with E-state index in [0.29, 0.717) is 18.8 Å². The van der Waals surface area contributed by atoms with E-state index in [4.69, 9.17) is 28.1 Å². The Labute approximate surface area is 432 Å². The van der Waals surface area contributed by atoms with Crippen LogP contribution in [0.2, 0.25) is 18.1 Å². The zero-order valence-corrected chi connectivity index (χ0v) is 48.0. The Morgan fingerprint density at radius 2 is 1.58 bits per heavy atom. The van der Waals surface area contributed by atoms with Crippen molar-refractivity contribution in [3.8, 4) is 0 Å². The average Bonchev–Trinajstić information content (AvgIpc) is 3.80. The summed E-state index contributed by atoms with van der Waals surface area (Å²) in [7, 11) is -6.20. The number of aliphatic hydroxyl groups excluding tert-OH is 2. The third kappa shape index (κ3) is 13.7. The van der Waals surface area contributed by atoms with Gasteiger partial charge in [0.05, 0.1) is 83.4 Å². The normalized spacial score (nSPS) is 36.6. The molecule has 5 heterocycles. The molecule has 5 aliphatic rings. The fourth-order valence-electron chi connectivity index (χ4n) is 11.9. The van der Waals surface area contributed by atoms with Crippen molar-refractivity contribution in [2.24, 2.45) is 35.5 Å². The maximum atomic E-state index is 15.3. The molecule has 392 valence electrons. The van der Waals surface area contributed by atoms with E-state index in [-0.39, 0.29) is 108 Å². The van der Waals surface area contributed by atoms with Gasteiger partial charge in [-0.1, -0.05) is 123 Å². The maximum absolute atomic E-state index is 15.3. The Kier molecular flexibility index (Phi) is 20.4. The molecule has 2 N–H and O–H groups in total. The highest BCUT2D eigenvalue weighted by Crippen LogP contribution is 2.48. The van der Waals surface area contributed by atoms with Crippen molar-refractivity contribution in [3.63, 3.8) is 0 Å². The van der Waals surface area contributed by atoms with Crippen LogP contribution in [0.25, 0.3) is 0 Å². The zero-order valence-electron chi connectivity index (χ0n) is 44.1. The van der Waals surface area contributed by atoms with Crippen molar-refractivity contribution < 1.29 is 46.7 Å². The first-order valence-corrected chi connectivity index (χ1v) is 32.4. The van der Waals surface area contributed by atoms with Crippen molar-refractivity contribution in [3.05, 3.63) is 64.8 Å². The van der Waals surface area contributed by atoms with Crippen LogP contribution < -0.4 is 0 Å². The molecule has 19 atom stereocenters. The van der Waals surface area contributed by atoms with E-state index in [0.717, 1.165) is 68.9 Å². The average molecular weight is 1110 g/mol. The molecule has 5 aliphatic heterocycles. The topological polar surface area (TPSA) is 130 Å². The van der Waals surface area contributed by atoms with Gasteiger partial charge in [0.15, 0.2) is 18.2 Å². The molecule has 1 aromatic rings. The van der Waals surface area contributed by atoms with E-state index in [1.165, 1.54) is 0 Å². The Morgan fingerprint density at radius 3 is 2.23 bits per heavy atom. The van der Waals surface area contributed by atoms with E-state index in [1.54, 1.807) is 24.3 Å². The van der Waals surface area contributed by atoms with E-state index in [9.17, 15) is 10.2 Å². The third-order valence-corrected chi connectivity index (χ3v) is 24.9. The fourth-order valence-corrected chi connectivity index (χ4v) is 15.8. The molecular weight excluding hydrogens is 1020 g/mol. The van der Waals surface area contributed by atoms with Crippen LogP contribution in [0, 0.1) is 35.5 Å². The second-order valence-electron chi connectivity index (χ2n) is 23.6. The van der Waals surface area contributed by atoms with Gasteiger partial charge in [0.2, 0.25) is 0 Å². The molecule has 6 rings (SSSR count). The van der Waals surface area contributed by atoms with Gasteiger partial charge in [-0.2, -0.15) is 0 Å². The SMILES string of the molecule is C=C1C[C@H](CCCO)OC1CC[C@H]1C[C@@H](C)C(=C)C(C[C@@H]2O[C@H](C[C@H](C)CC)[C@H](C)[C@H]2C(C(O)CC2CC[C@@H]3O[C@@H]([C@H](/C=C/I)O[Si](C)(C)C(C)(C)C)[C@@H](C)[C@@H](C)[C@H]3O2)S(=O)(=O)c2ccccc2)O1. The quantitative estimate of drug-likeness (QED) is 0.0697. The highest BCUT2D eigenvalue weighted by atomic mass is 127. The molecule has 1 aromatic carbocycles. The lowest BCUT2D eigenvalue weighted by atomic mass is 9.76. The molecule has 69 heavy (non-hydrogen) atoms. The first-order valence-electron chi connectivity index (χ1n) is 26.7. The van der Waals surface area contributed by atoms with Crippen LogP contribution in [-0.4, -0.2) is 112 Å². The van der Waals surface area contributed by atoms with Crippen LogP contribution in [0.4, 0.5) is 0 Å². The fraction of sp³-hybridized carbons (Fsp3) is 0.786. The van der Waals surface area contributed by atoms with E-state index in [1.807, 2.05) is 10.1 Å². The molecule has 10 nitrogen and oxygen atoms in total. The van der Waals surface area contributed by atoms with Crippen LogP contribution in [0.1, 0.15) is 139 Å². The highest BCUT2D eigenvalue weighted by molar-refractivity contribution is 14.1. The van der Waals surface area contributed by atoms with E-state index < -0.39 is 41.5 Å². The predicted octanol–water partition coefficient (Wildman–Crippen LogP) is 12.0. The second-order valence-corrected chi connectivity index (χ2v) is 31.2. The van der Waals surface area contributed by atoms with Crippen molar-refractivity contribution in [2.45, 2.75) is 241 Å². The maximum Gasteiger partial charge on any atom is 0.193 e. The molecule has 5 unspecified atom stereocenters. The number of benzene rings is 1. The molecule has 5 fully saturated rings. The lowest BCUT2D eigenvalue weighted by Gasteiger charge is -2.51. The first-order chi connectivity index (χ1) is 32.5. The zero-order chi connectivity index (χ0) is 50.6. The van der Waals surface area contributed by atoms with Crippen LogP contribution in [-0.2, 0) is 37.9 Å². The molecule has 0 bridgehead atoms. The summed E-state index contributed by atoms with van der Waals surface area (Å²) >= 11 is 2.28. The molecular formula is C56H91IO10SSi. The number of halogens is 1. The van der Waals surface area contributed by atoms with Crippen LogP contribution in [0.3, 0.4) is 0 Å². The van der Waals surface area contributed by atoms with Crippen molar-refractivity contribution in [1.29, 1.82) is 0 Å². The Morgan fingerprint density at radius 1 is 0.884 bits per heavy atom. The van der Waals surface area contributed by atoms with Crippen molar-refractivity contribution in [2.75, 3.05) is 6.61 Å². The van der Waals surface area contributed by atoms with Gasteiger partial charge in [0.25, 0.3) is 0 Å². The predicted molar refractivity (Wildman–Crippen MR) is 288 cm³/mol. The second kappa shape index (κ2) is 24.6. The van der Waals surface area contributed by atoms with E-state index in [2.05, 4.69) is 117 Å². The van der Waals surface area contributed by atoms with Gasteiger partial charge in [-0.05, 0) is 139 Å². The number of fused-ring (bicyclic) bond motifs is 1. The van der Waals surface area contributed by atoms with Gasteiger partial charge >= 0.3 is 0 Å². The van der Waals surface area contributed by atoms with Crippen LogP contribution >= 0.6 is 22.6 Å². The number of hydrogen-bond acceptors (Lipinski definition) is 10. The standard InChI is InChI=1S/C56H91IO10SSi/c1-14-34(2)29-49-40(8)52(51(65-49)33-50-37(5)35(3)30-42(63-50)22-24-46-36(4)31-41(62-46)19-18-28-58)55(68(60,61)44-20-16-15-17-21-44)45(59)32-43-23-25-47-53(64-43)38(6)39(7)54(66-47)48(26-27-57)67-69(12,13)56(9,10)11/h15-17,20-21,26-27,34-35,38-43,45-55,58-59H,4-5,14,18-19,22-25,28-33H2,1-3,6-13H3/b27-26+/t34-,35-,38-,39+,40+,41+,42+,43?,45?,46?,47+,48+,49-,50?,51+,52-,53-,54-,55?/m1/s1. The summed E-state index contributed by atoms with van der Waals surface area (Å²) in [6, 6.07) is 8.67. The molecule has 0 aliphatic carbocycles. The summed E-state index contributed by atoms with van der Waals surface area (Å²) in [5, 5.41) is 21.1. The number of hydrogen-bond donors (Lipinski definition) is 2. The van der Waals surface area contributed by atoms with Crippen molar-refractivity contribution >= 4 is 40.7 Å². The number of sulfone groups is 1. The molecule has 0 spiro atoms. The summed E-state index contributed by atoms with van der Waals surface area (Å²) in [5.74, 6) is 0.186. The minimum atomic E-state index is -4.09. The number of rotatable bonds is 21. The first kappa shape index (κ1) is 57.3. The minimum absolute atomic E-state index is 0.0261. The third-order valence-electron chi connectivity index (χ3n) is 17.7. The molecule has 0 aromatic heterocycles. The molecule has 0 amide bonds. The smallest absolute Gasteiger partial charge is 0.193 e. The van der Waals surface area contributed by atoms with Crippen LogP contribution in [0.15, 0.2) is 69.7 Å². The van der Waals surface area contributed by atoms with E-state index >= 15 is 8.42 Å². The Bertz CT molecular complexity index is 1960. The monoisotopic (exact) mass is 1110 g/mol. The summed E-state index contributed by atoms with van der Waals surface area (Å²) in [6.45, 7) is 33.7. The number of ether oxygens (including phenoxy) is 5. The molecule has 5 saturated heterocycles. The molecule has 13 heteroatoms.